The normalized spacial score (nSPS) is 12.9. The standard InChI is InChI=1S/C15H24N2O3.ClH/c1-9-6-13(19-4)14(20-5)7-12(9)11(3)17-15(18)10(2)8-16;/h6-7,10-11H,8,16H2,1-5H3,(H,17,18);1H. The summed E-state index contributed by atoms with van der Waals surface area (Å²) < 4.78 is 10.6. The van der Waals surface area contributed by atoms with Gasteiger partial charge in [-0.2, -0.15) is 0 Å². The summed E-state index contributed by atoms with van der Waals surface area (Å²) in [5.41, 5.74) is 7.54. The first-order chi connectivity index (χ1) is 9.44. The van der Waals surface area contributed by atoms with E-state index in [9.17, 15) is 4.79 Å². The highest BCUT2D eigenvalue weighted by Crippen LogP contribution is 2.32. The highest BCUT2D eigenvalue weighted by molar-refractivity contribution is 5.85. The molecule has 0 fully saturated rings. The number of halogens is 1. The van der Waals surface area contributed by atoms with Gasteiger partial charge in [0.2, 0.25) is 5.91 Å². The minimum atomic E-state index is -0.196. The molecule has 1 aromatic rings. The zero-order valence-corrected chi connectivity index (χ0v) is 14.0. The van der Waals surface area contributed by atoms with E-state index >= 15 is 0 Å². The lowest BCUT2D eigenvalue weighted by molar-refractivity contribution is -0.124. The van der Waals surface area contributed by atoms with E-state index in [1.807, 2.05) is 32.9 Å². The lowest BCUT2D eigenvalue weighted by Gasteiger charge is -2.20. The highest BCUT2D eigenvalue weighted by atomic mass is 35.5. The summed E-state index contributed by atoms with van der Waals surface area (Å²) in [6.45, 7) is 6.06. The molecule has 0 aliphatic heterocycles. The van der Waals surface area contributed by atoms with Crippen LogP contribution in [0.25, 0.3) is 0 Å². The van der Waals surface area contributed by atoms with Crippen LogP contribution in [0.1, 0.15) is 31.0 Å². The Bertz CT molecular complexity index is 480. The second kappa shape index (κ2) is 8.74. The van der Waals surface area contributed by atoms with Gasteiger partial charge in [-0.1, -0.05) is 6.92 Å². The first-order valence-electron chi connectivity index (χ1n) is 6.67. The van der Waals surface area contributed by atoms with Gasteiger partial charge in [-0.25, -0.2) is 0 Å². The topological polar surface area (TPSA) is 73.6 Å². The maximum atomic E-state index is 11.9. The van der Waals surface area contributed by atoms with Crippen molar-refractivity contribution in [2.24, 2.45) is 11.7 Å². The van der Waals surface area contributed by atoms with Crippen molar-refractivity contribution >= 4 is 18.3 Å². The molecule has 2 unspecified atom stereocenters. The van der Waals surface area contributed by atoms with Crippen molar-refractivity contribution in [1.82, 2.24) is 5.32 Å². The summed E-state index contributed by atoms with van der Waals surface area (Å²) in [5.74, 6) is 1.09. The highest BCUT2D eigenvalue weighted by Gasteiger charge is 2.18. The third-order valence-corrected chi connectivity index (χ3v) is 3.40. The molecule has 3 N–H and O–H groups in total. The molecule has 0 heterocycles. The molecule has 120 valence electrons. The number of ether oxygens (including phenoxy) is 2. The van der Waals surface area contributed by atoms with Gasteiger partial charge >= 0.3 is 0 Å². The number of aryl methyl sites for hydroxylation is 1. The number of carbonyl (C=O) groups is 1. The van der Waals surface area contributed by atoms with E-state index in [0.717, 1.165) is 11.1 Å². The second-order valence-corrected chi connectivity index (χ2v) is 4.93. The summed E-state index contributed by atoms with van der Waals surface area (Å²) in [6, 6.07) is 3.69. The molecule has 1 amide bonds. The second-order valence-electron chi connectivity index (χ2n) is 4.93. The van der Waals surface area contributed by atoms with Crippen LogP contribution in [0.2, 0.25) is 0 Å². The van der Waals surface area contributed by atoms with Gasteiger partial charge in [-0.05, 0) is 37.1 Å². The molecule has 6 heteroatoms. The predicted molar refractivity (Wildman–Crippen MR) is 86.3 cm³/mol. The molecule has 0 radical (unpaired) electrons. The average molecular weight is 317 g/mol. The van der Waals surface area contributed by atoms with Crippen LogP contribution in [-0.4, -0.2) is 26.7 Å². The molecule has 1 aromatic carbocycles. The number of nitrogens with two attached hydrogens (primary N) is 1. The Kier molecular flexibility index (Phi) is 8.14. The van der Waals surface area contributed by atoms with E-state index in [2.05, 4.69) is 5.32 Å². The molecule has 5 nitrogen and oxygen atoms in total. The van der Waals surface area contributed by atoms with Crippen LogP contribution >= 0.6 is 12.4 Å². The number of hydrogen-bond acceptors (Lipinski definition) is 4. The number of hydrogen-bond donors (Lipinski definition) is 2. The van der Waals surface area contributed by atoms with E-state index in [1.165, 1.54) is 0 Å². The minimum absolute atomic E-state index is 0. The van der Waals surface area contributed by atoms with Crippen molar-refractivity contribution in [3.63, 3.8) is 0 Å². The van der Waals surface area contributed by atoms with Gasteiger partial charge in [0.25, 0.3) is 0 Å². The van der Waals surface area contributed by atoms with Crippen molar-refractivity contribution in [1.29, 1.82) is 0 Å². The van der Waals surface area contributed by atoms with Crippen molar-refractivity contribution in [2.75, 3.05) is 20.8 Å². The van der Waals surface area contributed by atoms with Crippen LogP contribution in [-0.2, 0) is 4.79 Å². The van der Waals surface area contributed by atoms with Gasteiger partial charge < -0.3 is 20.5 Å². The van der Waals surface area contributed by atoms with Crippen molar-refractivity contribution in [2.45, 2.75) is 26.8 Å². The Labute approximate surface area is 132 Å². The number of methoxy groups -OCH3 is 2. The largest absolute Gasteiger partial charge is 0.493 e. The maximum absolute atomic E-state index is 11.9. The van der Waals surface area contributed by atoms with E-state index in [-0.39, 0.29) is 30.3 Å². The summed E-state index contributed by atoms with van der Waals surface area (Å²) in [7, 11) is 3.20. The van der Waals surface area contributed by atoms with Crippen LogP contribution in [0.4, 0.5) is 0 Å². The molecule has 21 heavy (non-hydrogen) atoms. The SMILES string of the molecule is COc1cc(C)c(C(C)NC(=O)C(C)CN)cc1OC.Cl. The number of amides is 1. The van der Waals surface area contributed by atoms with Crippen molar-refractivity contribution < 1.29 is 14.3 Å². The van der Waals surface area contributed by atoms with E-state index in [1.54, 1.807) is 14.2 Å². The fraction of sp³-hybridized carbons (Fsp3) is 0.533. The minimum Gasteiger partial charge on any atom is -0.493 e. The Balaban J connectivity index is 0.00000400. The summed E-state index contributed by atoms with van der Waals surface area (Å²) >= 11 is 0. The molecule has 0 saturated carbocycles. The third-order valence-electron chi connectivity index (χ3n) is 3.40. The molecule has 0 aliphatic carbocycles. The summed E-state index contributed by atoms with van der Waals surface area (Å²) in [5, 5.41) is 2.96. The molecule has 0 aliphatic rings. The number of carbonyl (C=O) groups excluding carboxylic acids is 1. The van der Waals surface area contributed by atoms with Crippen LogP contribution in [0, 0.1) is 12.8 Å². The van der Waals surface area contributed by atoms with Crippen molar-refractivity contribution in [3.8, 4) is 11.5 Å². The molecular formula is C15H25ClN2O3. The molecule has 1 rings (SSSR count). The van der Waals surface area contributed by atoms with Crippen LogP contribution in [0.5, 0.6) is 11.5 Å². The zero-order valence-electron chi connectivity index (χ0n) is 13.2. The molecule has 0 saturated heterocycles. The van der Waals surface area contributed by atoms with Crippen molar-refractivity contribution in [3.05, 3.63) is 23.3 Å². The summed E-state index contributed by atoms with van der Waals surface area (Å²) in [4.78, 5) is 11.9. The van der Waals surface area contributed by atoms with Crippen LogP contribution in [0.15, 0.2) is 12.1 Å². The molecule has 0 aromatic heterocycles. The quantitative estimate of drug-likeness (QED) is 0.844. The van der Waals surface area contributed by atoms with Gasteiger partial charge in [-0.3, -0.25) is 4.79 Å². The Hall–Kier alpha value is -1.46. The van der Waals surface area contributed by atoms with Crippen LogP contribution < -0.4 is 20.5 Å². The van der Waals surface area contributed by atoms with Gasteiger partial charge in [-0.15, -0.1) is 12.4 Å². The smallest absolute Gasteiger partial charge is 0.224 e. The Morgan fingerprint density at radius 3 is 2.24 bits per heavy atom. The average Bonchev–Trinajstić information content (AvgIpc) is 2.45. The monoisotopic (exact) mass is 316 g/mol. The number of nitrogens with one attached hydrogen (secondary N) is 1. The number of rotatable bonds is 6. The zero-order chi connectivity index (χ0) is 15.3. The Morgan fingerprint density at radius 1 is 1.24 bits per heavy atom. The first kappa shape index (κ1) is 19.5. The van der Waals surface area contributed by atoms with Crippen LogP contribution in [0.3, 0.4) is 0 Å². The first-order valence-corrected chi connectivity index (χ1v) is 6.67. The van der Waals surface area contributed by atoms with E-state index in [0.29, 0.717) is 18.0 Å². The van der Waals surface area contributed by atoms with Gasteiger partial charge in [0, 0.05) is 12.5 Å². The molecule has 0 bridgehead atoms. The lowest BCUT2D eigenvalue weighted by atomic mass is 10.0. The predicted octanol–water partition coefficient (Wildman–Crippen LogP) is 2.21. The van der Waals surface area contributed by atoms with Gasteiger partial charge in [0.15, 0.2) is 11.5 Å². The Morgan fingerprint density at radius 2 is 1.76 bits per heavy atom. The summed E-state index contributed by atoms with van der Waals surface area (Å²) in [6.07, 6.45) is 0. The fourth-order valence-corrected chi connectivity index (χ4v) is 2.00. The lowest BCUT2D eigenvalue weighted by Crippen LogP contribution is -2.35. The number of benzene rings is 1. The molecular weight excluding hydrogens is 292 g/mol. The molecule has 2 atom stereocenters. The van der Waals surface area contributed by atoms with Gasteiger partial charge in [0.1, 0.15) is 0 Å². The fourth-order valence-electron chi connectivity index (χ4n) is 2.00. The van der Waals surface area contributed by atoms with Gasteiger partial charge in [0.05, 0.1) is 20.3 Å². The maximum Gasteiger partial charge on any atom is 0.224 e. The third kappa shape index (κ3) is 4.79. The molecule has 0 spiro atoms. The van der Waals surface area contributed by atoms with E-state index in [4.69, 9.17) is 15.2 Å². The van der Waals surface area contributed by atoms with E-state index < -0.39 is 0 Å².